The predicted molar refractivity (Wildman–Crippen MR) is 82.5 cm³/mol. The smallest absolute Gasteiger partial charge is 0.267 e. The number of aromatic nitrogens is 2. The number of nitrogens with zero attached hydrogens (tertiary/aromatic N) is 1. The zero-order valence-corrected chi connectivity index (χ0v) is 12.6. The van der Waals surface area contributed by atoms with Crippen molar-refractivity contribution in [1.82, 2.24) is 10.2 Å². The highest BCUT2D eigenvalue weighted by Gasteiger charge is 2.27. The van der Waals surface area contributed by atoms with Gasteiger partial charge in [-0.3, -0.25) is 4.79 Å². The predicted octanol–water partition coefficient (Wildman–Crippen LogP) is 3.50. The SMILES string of the molecule is [2H]c1c(N)c([2H])c(Cl)c(Oc2n[nH]c(=O)c3c2C(C)CC3)c1Cl. The van der Waals surface area contributed by atoms with Crippen LogP contribution in [0, 0.1) is 0 Å². The molecule has 1 heterocycles. The molecule has 21 heavy (non-hydrogen) atoms. The number of benzene rings is 1. The molecule has 0 radical (unpaired) electrons. The number of rotatable bonds is 2. The summed E-state index contributed by atoms with van der Waals surface area (Å²) in [6.07, 6.45) is 1.46. The number of aromatic amines is 1. The monoisotopic (exact) mass is 327 g/mol. The molecule has 0 aliphatic heterocycles. The van der Waals surface area contributed by atoms with E-state index in [2.05, 4.69) is 10.2 Å². The van der Waals surface area contributed by atoms with Gasteiger partial charge in [-0.05, 0) is 30.8 Å². The number of fused-ring (bicyclic) bond motifs is 1. The lowest BCUT2D eigenvalue weighted by atomic mass is 10.1. The van der Waals surface area contributed by atoms with Crippen LogP contribution in [0.5, 0.6) is 11.6 Å². The van der Waals surface area contributed by atoms with Crippen LogP contribution >= 0.6 is 23.2 Å². The van der Waals surface area contributed by atoms with E-state index in [0.29, 0.717) is 17.5 Å². The minimum atomic E-state index is -0.242. The van der Waals surface area contributed by atoms with Crippen molar-refractivity contribution in [2.45, 2.75) is 25.7 Å². The summed E-state index contributed by atoms with van der Waals surface area (Å²) in [5, 5.41) is 6.11. The average molecular weight is 328 g/mol. The van der Waals surface area contributed by atoms with Crippen molar-refractivity contribution in [3.8, 4) is 11.6 Å². The lowest BCUT2D eigenvalue weighted by Crippen LogP contribution is -2.15. The van der Waals surface area contributed by atoms with Gasteiger partial charge in [0.2, 0.25) is 5.88 Å². The van der Waals surface area contributed by atoms with Crippen molar-refractivity contribution < 1.29 is 7.48 Å². The molecule has 0 amide bonds. The molecule has 0 saturated carbocycles. The summed E-state index contributed by atoms with van der Waals surface area (Å²) in [5.41, 5.74) is 6.58. The summed E-state index contributed by atoms with van der Waals surface area (Å²) in [7, 11) is 0. The molecule has 0 fully saturated rings. The maximum Gasteiger partial charge on any atom is 0.267 e. The molecule has 3 N–H and O–H groups in total. The van der Waals surface area contributed by atoms with Gasteiger partial charge in [0, 0.05) is 16.8 Å². The van der Waals surface area contributed by atoms with Crippen LogP contribution in [-0.2, 0) is 6.42 Å². The zero-order chi connectivity index (χ0) is 16.9. The highest BCUT2D eigenvalue weighted by molar-refractivity contribution is 6.37. The van der Waals surface area contributed by atoms with E-state index in [1.165, 1.54) is 0 Å². The Bertz CT molecular complexity index is 841. The third-order valence-electron chi connectivity index (χ3n) is 3.50. The molecule has 1 aliphatic rings. The standard InChI is InChI=1S/C14H13Cl2N3O2/c1-6-2-3-8-11(6)14(19-18-13(8)20)21-12-9(15)4-7(17)5-10(12)16/h4-6H,2-3,17H2,1H3,(H,18,20)/i4D,5D. The summed E-state index contributed by atoms with van der Waals surface area (Å²) >= 11 is 12.2. The first-order valence-electron chi connectivity index (χ1n) is 7.35. The summed E-state index contributed by atoms with van der Waals surface area (Å²) < 4.78 is 21.3. The highest BCUT2D eigenvalue weighted by atomic mass is 35.5. The van der Waals surface area contributed by atoms with Gasteiger partial charge in [0.1, 0.15) is 0 Å². The molecule has 1 aromatic heterocycles. The van der Waals surface area contributed by atoms with Crippen LogP contribution in [0.25, 0.3) is 0 Å². The topological polar surface area (TPSA) is 81.0 Å². The summed E-state index contributed by atoms with van der Waals surface area (Å²) in [4.78, 5) is 11.8. The van der Waals surface area contributed by atoms with E-state index in [0.717, 1.165) is 6.42 Å². The Morgan fingerprint density at radius 2 is 2.14 bits per heavy atom. The van der Waals surface area contributed by atoms with E-state index in [1.807, 2.05) is 6.92 Å². The van der Waals surface area contributed by atoms with Gasteiger partial charge in [-0.25, -0.2) is 5.10 Å². The van der Waals surface area contributed by atoms with E-state index < -0.39 is 0 Å². The minimum absolute atomic E-state index is 0.0571. The van der Waals surface area contributed by atoms with Gasteiger partial charge in [0.05, 0.1) is 12.8 Å². The Kier molecular flexibility index (Phi) is 2.97. The first-order chi connectivity index (χ1) is 10.8. The largest absolute Gasteiger partial charge is 0.434 e. The molecule has 3 rings (SSSR count). The summed E-state index contributed by atoms with van der Waals surface area (Å²) in [6.45, 7) is 1.97. The van der Waals surface area contributed by atoms with Crippen LogP contribution < -0.4 is 16.0 Å². The second-order valence-corrected chi connectivity index (χ2v) is 5.67. The molecule has 1 unspecified atom stereocenters. The van der Waals surface area contributed by atoms with Gasteiger partial charge in [-0.2, -0.15) is 0 Å². The average Bonchev–Trinajstić information content (AvgIpc) is 2.93. The van der Waals surface area contributed by atoms with Crippen molar-refractivity contribution in [1.29, 1.82) is 0 Å². The van der Waals surface area contributed by atoms with Crippen molar-refractivity contribution in [3.63, 3.8) is 0 Å². The number of anilines is 1. The van der Waals surface area contributed by atoms with Gasteiger partial charge in [0.25, 0.3) is 5.56 Å². The molecular weight excluding hydrogens is 313 g/mol. The Morgan fingerprint density at radius 3 is 2.81 bits per heavy atom. The summed E-state index contributed by atoms with van der Waals surface area (Å²) in [6, 6.07) is -0.463. The van der Waals surface area contributed by atoms with Crippen LogP contribution in [0.4, 0.5) is 5.69 Å². The molecular formula is C14H13Cl2N3O2. The van der Waals surface area contributed by atoms with Gasteiger partial charge in [-0.15, -0.1) is 5.10 Å². The van der Waals surface area contributed by atoms with Crippen molar-refractivity contribution >= 4 is 28.9 Å². The fraction of sp³-hybridized carbons (Fsp3) is 0.286. The van der Waals surface area contributed by atoms with Gasteiger partial charge < -0.3 is 10.5 Å². The van der Waals surface area contributed by atoms with Crippen LogP contribution in [-0.4, -0.2) is 10.2 Å². The first-order valence-corrected chi connectivity index (χ1v) is 7.11. The van der Waals surface area contributed by atoms with Crippen molar-refractivity contribution in [2.24, 2.45) is 0 Å². The molecule has 0 bridgehead atoms. The molecule has 1 aromatic carbocycles. The number of ether oxygens (including phenoxy) is 1. The second kappa shape index (κ2) is 5.24. The Morgan fingerprint density at radius 1 is 1.48 bits per heavy atom. The number of nitrogen functional groups attached to an aromatic ring is 1. The minimum Gasteiger partial charge on any atom is -0.434 e. The van der Waals surface area contributed by atoms with Crippen LogP contribution in [0.1, 0.15) is 33.1 Å². The lowest BCUT2D eigenvalue weighted by molar-refractivity contribution is 0.445. The number of nitrogens with one attached hydrogen (secondary N) is 1. The molecule has 1 aliphatic carbocycles. The number of halogens is 2. The molecule has 7 heteroatoms. The van der Waals surface area contributed by atoms with E-state index >= 15 is 0 Å². The normalized spacial score (nSPS) is 18.1. The quantitative estimate of drug-likeness (QED) is 0.827. The fourth-order valence-corrected chi connectivity index (χ4v) is 3.00. The maximum atomic E-state index is 11.8. The number of hydrogen-bond acceptors (Lipinski definition) is 4. The Balaban J connectivity index is 2.16. The molecule has 1 atom stereocenters. The van der Waals surface area contributed by atoms with E-state index in [4.69, 9.17) is 36.4 Å². The molecule has 5 nitrogen and oxygen atoms in total. The van der Waals surface area contributed by atoms with E-state index in [9.17, 15) is 4.79 Å². The van der Waals surface area contributed by atoms with E-state index in [1.54, 1.807) is 0 Å². The highest BCUT2D eigenvalue weighted by Crippen LogP contribution is 2.42. The van der Waals surface area contributed by atoms with E-state index in [-0.39, 0.29) is 50.9 Å². The third kappa shape index (κ3) is 2.47. The molecule has 2 aromatic rings. The van der Waals surface area contributed by atoms with Crippen LogP contribution in [0.2, 0.25) is 10.0 Å². The fourth-order valence-electron chi connectivity index (χ4n) is 2.48. The van der Waals surface area contributed by atoms with Crippen LogP contribution in [0.15, 0.2) is 16.9 Å². The zero-order valence-electron chi connectivity index (χ0n) is 13.1. The Hall–Kier alpha value is -1.72. The van der Waals surface area contributed by atoms with Gasteiger partial charge >= 0.3 is 0 Å². The summed E-state index contributed by atoms with van der Waals surface area (Å²) in [5.74, 6) is 0.224. The number of nitrogens with two attached hydrogens (primary N) is 1. The number of hydrogen-bond donors (Lipinski definition) is 2. The molecule has 0 spiro atoms. The van der Waals surface area contributed by atoms with Crippen molar-refractivity contribution in [2.75, 3.05) is 5.73 Å². The maximum absolute atomic E-state index is 11.8. The number of H-pyrrole nitrogens is 1. The Labute approximate surface area is 133 Å². The van der Waals surface area contributed by atoms with Crippen molar-refractivity contribution in [3.05, 3.63) is 43.6 Å². The lowest BCUT2D eigenvalue weighted by Gasteiger charge is -2.13. The third-order valence-corrected chi connectivity index (χ3v) is 4.03. The first kappa shape index (κ1) is 11.9. The second-order valence-electron chi connectivity index (χ2n) is 4.91. The van der Waals surface area contributed by atoms with Crippen LogP contribution in [0.3, 0.4) is 0 Å². The molecule has 110 valence electrons. The van der Waals surface area contributed by atoms with Gasteiger partial charge in [-0.1, -0.05) is 30.1 Å². The van der Waals surface area contributed by atoms with Gasteiger partial charge in [0.15, 0.2) is 5.75 Å². The molecule has 0 saturated heterocycles.